The quantitative estimate of drug-likeness (QED) is 0.601. The van der Waals surface area contributed by atoms with Gasteiger partial charge in [-0.15, -0.1) is 0 Å². The van der Waals surface area contributed by atoms with Crippen LogP contribution in [0.25, 0.3) is 0 Å². The lowest BCUT2D eigenvalue weighted by molar-refractivity contribution is -0.138. The number of carbonyl (C=O) groups is 1. The summed E-state index contributed by atoms with van der Waals surface area (Å²) in [5.74, 6) is -0.374. The van der Waals surface area contributed by atoms with Crippen LogP contribution < -0.4 is 10.6 Å². The Bertz CT molecular complexity index is 553. The fourth-order valence-electron chi connectivity index (χ4n) is 2.26. The number of nitrogens with one attached hydrogen (secondary N) is 2. The number of thiocarbonyl (C=S) groups is 1. The van der Waals surface area contributed by atoms with Crippen LogP contribution in [0.2, 0.25) is 0 Å². The Morgan fingerprint density at radius 3 is 2.86 bits per heavy atom. The van der Waals surface area contributed by atoms with E-state index in [2.05, 4.69) is 10.6 Å². The zero-order valence-electron chi connectivity index (χ0n) is 13.4. The molecule has 0 fully saturated rings. The van der Waals surface area contributed by atoms with Gasteiger partial charge in [0, 0.05) is 23.6 Å². The smallest absolute Gasteiger partial charge is 0.356 e. The Morgan fingerprint density at radius 1 is 1.50 bits per heavy atom. The predicted octanol–water partition coefficient (Wildman–Crippen LogP) is 2.44. The lowest BCUT2D eigenvalue weighted by Crippen LogP contribution is -2.39. The van der Waals surface area contributed by atoms with Crippen molar-refractivity contribution in [3.8, 4) is 0 Å². The molecule has 0 aromatic rings. The minimum Gasteiger partial charge on any atom is -0.461 e. The molecule has 0 spiro atoms. The maximum Gasteiger partial charge on any atom is 0.356 e. The second-order valence-corrected chi connectivity index (χ2v) is 7.15. The number of esters is 1. The number of carbonyl (C=O) groups excluding carboxylic acids is 1. The van der Waals surface area contributed by atoms with Crippen LogP contribution in [0.15, 0.2) is 21.2 Å². The summed E-state index contributed by atoms with van der Waals surface area (Å²) < 4.78 is 11.0. The summed E-state index contributed by atoms with van der Waals surface area (Å²) in [6.07, 6.45) is 0.722. The molecule has 0 bridgehead atoms. The van der Waals surface area contributed by atoms with Crippen molar-refractivity contribution in [3.05, 3.63) is 21.2 Å². The molecule has 0 radical (unpaired) electrons. The number of thioether (sulfide) groups is 1. The molecule has 2 rings (SSSR count). The van der Waals surface area contributed by atoms with Crippen molar-refractivity contribution in [2.45, 2.75) is 39.7 Å². The van der Waals surface area contributed by atoms with Crippen LogP contribution in [0.3, 0.4) is 0 Å². The van der Waals surface area contributed by atoms with Crippen molar-refractivity contribution in [3.63, 3.8) is 0 Å². The summed E-state index contributed by atoms with van der Waals surface area (Å²) >= 11 is 6.89. The maximum absolute atomic E-state index is 12.3. The zero-order valence-corrected chi connectivity index (χ0v) is 15.0. The van der Waals surface area contributed by atoms with E-state index in [0.29, 0.717) is 35.3 Å². The molecule has 7 heteroatoms. The monoisotopic (exact) mass is 342 g/mol. The van der Waals surface area contributed by atoms with E-state index in [1.165, 1.54) is 11.8 Å². The Labute approximate surface area is 140 Å². The minimum atomic E-state index is -0.374. The number of likely N-dealkylation sites (N-methyl/N-ethyl adjacent to an activating group) is 1. The number of hydrogen-bond donors (Lipinski definition) is 2. The van der Waals surface area contributed by atoms with E-state index in [9.17, 15) is 4.79 Å². The third-order valence-corrected chi connectivity index (χ3v) is 4.99. The van der Waals surface area contributed by atoms with Crippen LogP contribution in [0.1, 0.15) is 34.1 Å². The first-order valence-corrected chi connectivity index (χ1v) is 8.61. The standard InChI is InChI=1S/C15H22N2O3S2/c1-5-16-13(21)12-11(14(18)19-6-2)17-9-7-15(3,4)20-8-10(9)22-12/h17H,5-8H2,1-4H3,(H,16,21). The van der Waals surface area contributed by atoms with Gasteiger partial charge in [-0.05, 0) is 27.7 Å². The molecule has 5 nitrogen and oxygen atoms in total. The van der Waals surface area contributed by atoms with E-state index < -0.39 is 0 Å². The average Bonchev–Trinajstić information content (AvgIpc) is 2.45. The highest BCUT2D eigenvalue weighted by Gasteiger charge is 2.35. The van der Waals surface area contributed by atoms with Gasteiger partial charge in [-0.1, -0.05) is 24.0 Å². The molecule has 0 amide bonds. The van der Waals surface area contributed by atoms with Crippen LogP contribution in [0, 0.1) is 0 Å². The van der Waals surface area contributed by atoms with Crippen LogP contribution in [0.5, 0.6) is 0 Å². The van der Waals surface area contributed by atoms with E-state index in [1.54, 1.807) is 6.92 Å². The molecule has 0 atom stereocenters. The van der Waals surface area contributed by atoms with E-state index in [-0.39, 0.29) is 11.6 Å². The van der Waals surface area contributed by atoms with E-state index in [0.717, 1.165) is 17.0 Å². The molecule has 2 N–H and O–H groups in total. The molecule has 0 saturated heterocycles. The van der Waals surface area contributed by atoms with Crippen molar-refractivity contribution in [1.29, 1.82) is 0 Å². The minimum absolute atomic E-state index is 0.244. The molecule has 2 aliphatic heterocycles. The lowest BCUT2D eigenvalue weighted by Gasteiger charge is -2.36. The summed E-state index contributed by atoms with van der Waals surface area (Å²) in [5, 5.41) is 6.34. The van der Waals surface area contributed by atoms with Gasteiger partial charge in [-0.2, -0.15) is 0 Å². The summed E-state index contributed by atoms with van der Waals surface area (Å²) in [7, 11) is 0. The molecular weight excluding hydrogens is 320 g/mol. The fourth-order valence-corrected chi connectivity index (χ4v) is 3.64. The Kier molecular flexibility index (Phi) is 5.52. The van der Waals surface area contributed by atoms with Crippen molar-refractivity contribution in [2.75, 3.05) is 19.8 Å². The molecule has 0 aliphatic carbocycles. The fraction of sp³-hybridized carbons (Fsp3) is 0.600. The van der Waals surface area contributed by atoms with E-state index in [1.807, 2.05) is 20.8 Å². The van der Waals surface area contributed by atoms with E-state index >= 15 is 0 Å². The lowest BCUT2D eigenvalue weighted by atomic mass is 9.99. The summed E-state index contributed by atoms with van der Waals surface area (Å²) in [6, 6.07) is 0. The van der Waals surface area contributed by atoms with Gasteiger partial charge in [0.05, 0.1) is 23.7 Å². The van der Waals surface area contributed by atoms with Crippen molar-refractivity contribution in [1.82, 2.24) is 10.6 Å². The third-order valence-electron chi connectivity index (χ3n) is 3.28. The van der Waals surface area contributed by atoms with Crippen molar-refractivity contribution >= 4 is 34.9 Å². The first-order chi connectivity index (χ1) is 10.4. The molecule has 0 saturated carbocycles. The second-order valence-electron chi connectivity index (χ2n) is 5.64. The van der Waals surface area contributed by atoms with Crippen molar-refractivity contribution in [2.24, 2.45) is 0 Å². The number of rotatable bonds is 4. The Balaban J connectivity index is 2.30. The molecule has 0 aromatic heterocycles. The van der Waals surface area contributed by atoms with Gasteiger partial charge < -0.3 is 20.1 Å². The highest BCUT2D eigenvalue weighted by atomic mass is 32.2. The molecule has 2 heterocycles. The molecular formula is C15H22N2O3S2. The van der Waals surface area contributed by atoms with Crippen LogP contribution in [-0.4, -0.2) is 36.3 Å². The largest absolute Gasteiger partial charge is 0.461 e. The SMILES string of the molecule is CCNC(=S)C1=C(C(=O)OCC)NC2=C(COC(C)(C)C2)S1. The first kappa shape index (κ1) is 17.3. The van der Waals surface area contributed by atoms with Gasteiger partial charge >= 0.3 is 5.97 Å². The third kappa shape index (κ3) is 3.83. The zero-order chi connectivity index (χ0) is 16.3. The second kappa shape index (κ2) is 7.02. The summed E-state index contributed by atoms with van der Waals surface area (Å²) in [6.45, 7) is 9.39. The number of ether oxygens (including phenoxy) is 2. The Morgan fingerprint density at radius 2 is 2.23 bits per heavy atom. The molecule has 122 valence electrons. The van der Waals surface area contributed by atoms with Crippen LogP contribution in [-0.2, 0) is 14.3 Å². The summed E-state index contributed by atoms with van der Waals surface area (Å²) in [4.78, 5) is 14.6. The molecule has 2 aliphatic rings. The topological polar surface area (TPSA) is 59.6 Å². The normalized spacial score (nSPS) is 20.2. The highest BCUT2D eigenvalue weighted by Crippen LogP contribution is 2.41. The predicted molar refractivity (Wildman–Crippen MR) is 92.3 cm³/mol. The average molecular weight is 342 g/mol. The molecule has 0 unspecified atom stereocenters. The van der Waals surface area contributed by atoms with Gasteiger partial charge in [0.2, 0.25) is 0 Å². The summed E-state index contributed by atoms with van der Waals surface area (Å²) in [5.41, 5.74) is 1.20. The van der Waals surface area contributed by atoms with Gasteiger partial charge in [-0.25, -0.2) is 4.79 Å². The first-order valence-electron chi connectivity index (χ1n) is 7.38. The molecule has 22 heavy (non-hydrogen) atoms. The Hall–Kier alpha value is -1.05. The van der Waals surface area contributed by atoms with Gasteiger partial charge in [0.15, 0.2) is 0 Å². The van der Waals surface area contributed by atoms with Crippen molar-refractivity contribution < 1.29 is 14.3 Å². The van der Waals surface area contributed by atoms with E-state index in [4.69, 9.17) is 21.7 Å². The molecule has 0 aromatic carbocycles. The van der Waals surface area contributed by atoms with Crippen LogP contribution in [0.4, 0.5) is 0 Å². The van der Waals surface area contributed by atoms with Crippen LogP contribution >= 0.6 is 24.0 Å². The number of hydrogen-bond acceptors (Lipinski definition) is 6. The van der Waals surface area contributed by atoms with Gasteiger partial charge in [0.25, 0.3) is 0 Å². The maximum atomic E-state index is 12.3. The van der Waals surface area contributed by atoms with Gasteiger partial charge in [-0.3, -0.25) is 0 Å². The highest BCUT2D eigenvalue weighted by molar-refractivity contribution is 8.08. The van der Waals surface area contributed by atoms with Gasteiger partial charge in [0.1, 0.15) is 10.7 Å².